The van der Waals surface area contributed by atoms with Crippen LogP contribution >= 0.6 is 11.3 Å². The number of thiazole rings is 1. The summed E-state index contributed by atoms with van der Waals surface area (Å²) in [6, 6.07) is 15.6. The molecule has 5 nitrogen and oxygen atoms in total. The largest absolute Gasteiger partial charge is 0.497 e. The van der Waals surface area contributed by atoms with Crippen molar-refractivity contribution < 1.29 is 14.3 Å². The third-order valence-corrected chi connectivity index (χ3v) is 5.29. The van der Waals surface area contributed by atoms with Crippen LogP contribution in [0, 0.1) is 0 Å². The van der Waals surface area contributed by atoms with Gasteiger partial charge in [0.2, 0.25) is 0 Å². The van der Waals surface area contributed by atoms with Gasteiger partial charge in [-0.1, -0.05) is 19.1 Å². The van der Waals surface area contributed by atoms with Crippen molar-refractivity contribution in [2.24, 2.45) is 0 Å². The maximum atomic E-state index is 12.3. The van der Waals surface area contributed by atoms with Crippen molar-refractivity contribution in [2.75, 3.05) is 7.11 Å². The summed E-state index contributed by atoms with van der Waals surface area (Å²) in [6.45, 7) is 4.21. The van der Waals surface area contributed by atoms with Crippen molar-refractivity contribution in [3.8, 4) is 22.1 Å². The highest BCUT2D eigenvalue weighted by molar-refractivity contribution is 7.13. The number of aromatic nitrogens is 1. The number of rotatable bonds is 8. The van der Waals surface area contributed by atoms with Gasteiger partial charge in [0, 0.05) is 10.9 Å². The first-order valence-electron chi connectivity index (χ1n) is 9.21. The number of benzene rings is 2. The number of ether oxygens (including phenoxy) is 2. The lowest BCUT2D eigenvalue weighted by Gasteiger charge is -2.14. The second kappa shape index (κ2) is 9.37. The summed E-state index contributed by atoms with van der Waals surface area (Å²) in [4.78, 5) is 16.9. The lowest BCUT2D eigenvalue weighted by Crippen LogP contribution is -2.35. The molecule has 1 heterocycles. The topological polar surface area (TPSA) is 60.5 Å². The van der Waals surface area contributed by atoms with E-state index in [9.17, 15) is 4.79 Å². The highest BCUT2D eigenvalue weighted by Gasteiger charge is 2.15. The molecular formula is C22H24N2O3S. The minimum Gasteiger partial charge on any atom is -0.497 e. The minimum atomic E-state index is -0.577. The summed E-state index contributed by atoms with van der Waals surface area (Å²) in [5, 5.41) is 5.75. The van der Waals surface area contributed by atoms with E-state index < -0.39 is 6.10 Å². The summed E-state index contributed by atoms with van der Waals surface area (Å²) < 4.78 is 10.9. The number of hydrogen-bond donors (Lipinski definition) is 1. The lowest BCUT2D eigenvalue weighted by molar-refractivity contribution is -0.127. The maximum Gasteiger partial charge on any atom is 0.261 e. The monoisotopic (exact) mass is 396 g/mol. The summed E-state index contributed by atoms with van der Waals surface area (Å²) in [7, 11) is 1.64. The van der Waals surface area contributed by atoms with Gasteiger partial charge in [-0.05, 0) is 55.3 Å². The molecule has 28 heavy (non-hydrogen) atoms. The molecule has 0 aliphatic heterocycles. The number of carbonyl (C=O) groups is 1. The van der Waals surface area contributed by atoms with Crippen LogP contribution in [0.1, 0.15) is 25.1 Å². The molecule has 1 N–H and O–H groups in total. The van der Waals surface area contributed by atoms with Crippen molar-refractivity contribution in [3.05, 3.63) is 65.2 Å². The predicted molar refractivity (Wildman–Crippen MR) is 112 cm³/mol. The molecule has 0 bridgehead atoms. The molecule has 0 saturated heterocycles. The average molecular weight is 397 g/mol. The van der Waals surface area contributed by atoms with E-state index in [0.29, 0.717) is 12.3 Å². The van der Waals surface area contributed by atoms with Gasteiger partial charge < -0.3 is 14.8 Å². The molecule has 1 atom stereocenters. The molecule has 0 aliphatic carbocycles. The summed E-state index contributed by atoms with van der Waals surface area (Å²) in [6.07, 6.45) is 0.398. The molecule has 1 aromatic heterocycles. The molecule has 0 unspecified atom stereocenters. The first-order chi connectivity index (χ1) is 13.6. The molecule has 0 fully saturated rings. The van der Waals surface area contributed by atoms with E-state index in [0.717, 1.165) is 28.4 Å². The van der Waals surface area contributed by atoms with Crippen molar-refractivity contribution in [3.63, 3.8) is 0 Å². The van der Waals surface area contributed by atoms with Crippen molar-refractivity contribution >= 4 is 17.2 Å². The van der Waals surface area contributed by atoms with E-state index >= 15 is 0 Å². The molecule has 3 rings (SSSR count). The van der Waals surface area contributed by atoms with Gasteiger partial charge in [-0.25, -0.2) is 4.98 Å². The molecule has 1 amide bonds. The molecule has 6 heteroatoms. The smallest absolute Gasteiger partial charge is 0.261 e. The highest BCUT2D eigenvalue weighted by Crippen LogP contribution is 2.25. The van der Waals surface area contributed by atoms with Crippen LogP contribution in [-0.2, 0) is 17.8 Å². The van der Waals surface area contributed by atoms with Crippen LogP contribution in [0.2, 0.25) is 0 Å². The molecule has 2 aromatic carbocycles. The second-order valence-corrected chi connectivity index (χ2v) is 7.21. The minimum absolute atomic E-state index is 0.168. The van der Waals surface area contributed by atoms with E-state index in [4.69, 9.17) is 9.47 Å². The van der Waals surface area contributed by atoms with Crippen LogP contribution in [0.15, 0.2) is 53.9 Å². The number of nitrogens with zero attached hydrogens (tertiary/aromatic N) is 1. The number of methoxy groups -OCH3 is 1. The molecule has 0 saturated carbocycles. The summed E-state index contributed by atoms with van der Waals surface area (Å²) >= 11 is 1.55. The Morgan fingerprint density at radius 3 is 2.43 bits per heavy atom. The van der Waals surface area contributed by atoms with Crippen molar-refractivity contribution in [2.45, 2.75) is 32.9 Å². The average Bonchev–Trinajstić information content (AvgIpc) is 3.21. The van der Waals surface area contributed by atoms with E-state index in [-0.39, 0.29) is 5.91 Å². The van der Waals surface area contributed by atoms with E-state index in [1.54, 1.807) is 25.4 Å². The van der Waals surface area contributed by atoms with Crippen molar-refractivity contribution in [1.82, 2.24) is 10.3 Å². The van der Waals surface area contributed by atoms with Gasteiger partial charge in [0.15, 0.2) is 6.10 Å². The Labute approximate surface area is 169 Å². The Kier molecular flexibility index (Phi) is 6.66. The van der Waals surface area contributed by atoms with E-state index in [1.807, 2.05) is 53.9 Å². The number of nitrogens with one attached hydrogen (secondary N) is 1. The van der Waals surface area contributed by atoms with Crippen LogP contribution in [0.5, 0.6) is 11.5 Å². The number of amides is 1. The Hall–Kier alpha value is -2.86. The maximum absolute atomic E-state index is 12.3. The normalized spacial score (nSPS) is 11.7. The SMILES string of the molecule is CCc1ccc(O[C@@H](C)C(=O)NCc2csc(-c3ccc(OC)cc3)n2)cc1. The molecule has 146 valence electrons. The Balaban J connectivity index is 1.52. The number of hydrogen-bond acceptors (Lipinski definition) is 5. The second-order valence-electron chi connectivity index (χ2n) is 6.35. The van der Waals surface area contributed by atoms with Gasteiger partial charge in [-0.2, -0.15) is 0 Å². The van der Waals surface area contributed by atoms with Crippen LogP contribution in [0.4, 0.5) is 0 Å². The van der Waals surface area contributed by atoms with Gasteiger partial charge in [0.25, 0.3) is 5.91 Å². The van der Waals surface area contributed by atoms with Gasteiger partial charge >= 0.3 is 0 Å². The zero-order valence-corrected chi connectivity index (χ0v) is 17.1. The van der Waals surface area contributed by atoms with Crippen LogP contribution < -0.4 is 14.8 Å². The fourth-order valence-electron chi connectivity index (χ4n) is 2.64. The van der Waals surface area contributed by atoms with Gasteiger partial charge in [-0.3, -0.25) is 4.79 Å². The quantitative estimate of drug-likeness (QED) is 0.610. The van der Waals surface area contributed by atoms with E-state index in [1.165, 1.54) is 5.56 Å². The Morgan fingerprint density at radius 2 is 1.79 bits per heavy atom. The standard InChI is InChI=1S/C22H24N2O3S/c1-4-16-5-9-20(10-6-16)27-15(2)21(25)23-13-18-14-28-22(24-18)17-7-11-19(26-3)12-8-17/h5-12,14-15H,4,13H2,1-3H3,(H,23,25)/t15-/m0/s1. The van der Waals surface area contributed by atoms with Crippen molar-refractivity contribution in [1.29, 1.82) is 0 Å². The third kappa shape index (κ3) is 5.10. The zero-order chi connectivity index (χ0) is 19.9. The first kappa shape index (κ1) is 19.9. The van der Waals surface area contributed by atoms with Crippen LogP contribution in [0.25, 0.3) is 10.6 Å². The number of aryl methyl sites for hydroxylation is 1. The Bertz CT molecular complexity index is 904. The highest BCUT2D eigenvalue weighted by atomic mass is 32.1. The molecule has 3 aromatic rings. The third-order valence-electron chi connectivity index (χ3n) is 4.35. The Morgan fingerprint density at radius 1 is 1.11 bits per heavy atom. The molecule has 0 radical (unpaired) electrons. The fourth-order valence-corrected chi connectivity index (χ4v) is 3.46. The van der Waals surface area contributed by atoms with Crippen LogP contribution in [0.3, 0.4) is 0 Å². The summed E-state index contributed by atoms with van der Waals surface area (Å²) in [5.41, 5.74) is 3.08. The lowest BCUT2D eigenvalue weighted by atomic mass is 10.2. The summed E-state index contributed by atoms with van der Waals surface area (Å²) in [5.74, 6) is 1.33. The molecule has 0 aliphatic rings. The van der Waals surface area contributed by atoms with Gasteiger partial charge in [0.1, 0.15) is 16.5 Å². The van der Waals surface area contributed by atoms with Crippen LogP contribution in [-0.4, -0.2) is 24.1 Å². The molecular weight excluding hydrogens is 372 g/mol. The van der Waals surface area contributed by atoms with Gasteiger partial charge in [0.05, 0.1) is 19.3 Å². The molecule has 0 spiro atoms. The fraction of sp³-hybridized carbons (Fsp3) is 0.273. The zero-order valence-electron chi connectivity index (χ0n) is 16.3. The predicted octanol–water partition coefficient (Wildman–Crippen LogP) is 4.46. The first-order valence-corrected chi connectivity index (χ1v) is 10.1. The van der Waals surface area contributed by atoms with E-state index in [2.05, 4.69) is 17.2 Å². The number of carbonyl (C=O) groups excluding carboxylic acids is 1. The van der Waals surface area contributed by atoms with Gasteiger partial charge in [-0.15, -0.1) is 11.3 Å².